The van der Waals surface area contributed by atoms with E-state index in [0.717, 1.165) is 32.6 Å². The van der Waals surface area contributed by atoms with E-state index < -0.39 is 0 Å². The third-order valence-electron chi connectivity index (χ3n) is 2.21. The highest BCUT2D eigenvalue weighted by Gasteiger charge is 2.00. The van der Waals surface area contributed by atoms with E-state index in [1.165, 1.54) is 12.8 Å². The molecule has 1 amide bonds. The van der Waals surface area contributed by atoms with E-state index in [9.17, 15) is 4.79 Å². The van der Waals surface area contributed by atoms with Crippen molar-refractivity contribution in [3.05, 3.63) is 0 Å². The molecule has 0 aliphatic rings. The standard InChI is InChI=1S/C11H23NO2/c1-4-5-6-9-14-10-7-8-12(3)11(2)13/h4-10H2,1-3H3. The fraction of sp³-hybridized carbons (Fsp3) is 0.909. The molecule has 0 fully saturated rings. The van der Waals surface area contributed by atoms with Crippen molar-refractivity contribution in [1.82, 2.24) is 4.90 Å². The Balaban J connectivity index is 3.09. The minimum absolute atomic E-state index is 0.121. The number of carbonyl (C=O) groups excluding carboxylic acids is 1. The number of nitrogens with zero attached hydrogens (tertiary/aromatic N) is 1. The molecule has 0 rings (SSSR count). The average Bonchev–Trinajstić information content (AvgIpc) is 2.16. The van der Waals surface area contributed by atoms with Gasteiger partial charge in [0.2, 0.25) is 5.91 Å². The Kier molecular flexibility index (Phi) is 8.64. The maximum Gasteiger partial charge on any atom is 0.219 e. The van der Waals surface area contributed by atoms with Gasteiger partial charge in [0.25, 0.3) is 0 Å². The maximum absolute atomic E-state index is 10.8. The monoisotopic (exact) mass is 201 g/mol. The van der Waals surface area contributed by atoms with Crippen LogP contribution in [0.4, 0.5) is 0 Å². The number of amides is 1. The van der Waals surface area contributed by atoms with Crippen molar-refractivity contribution in [3.63, 3.8) is 0 Å². The van der Waals surface area contributed by atoms with E-state index in [0.29, 0.717) is 0 Å². The molecule has 0 saturated carbocycles. The molecule has 0 atom stereocenters. The Morgan fingerprint density at radius 3 is 2.43 bits per heavy atom. The molecule has 0 N–H and O–H groups in total. The highest BCUT2D eigenvalue weighted by atomic mass is 16.5. The van der Waals surface area contributed by atoms with E-state index >= 15 is 0 Å². The van der Waals surface area contributed by atoms with E-state index in [4.69, 9.17) is 4.74 Å². The molecule has 3 heteroatoms. The Bertz CT molecular complexity index is 148. The van der Waals surface area contributed by atoms with Gasteiger partial charge < -0.3 is 9.64 Å². The number of rotatable bonds is 8. The molecule has 0 aromatic rings. The van der Waals surface area contributed by atoms with Crippen LogP contribution >= 0.6 is 0 Å². The van der Waals surface area contributed by atoms with Crippen molar-refractivity contribution >= 4 is 5.91 Å². The second-order valence-corrected chi connectivity index (χ2v) is 3.61. The van der Waals surface area contributed by atoms with Gasteiger partial charge in [-0.05, 0) is 12.8 Å². The van der Waals surface area contributed by atoms with Crippen LogP contribution < -0.4 is 0 Å². The number of hydrogen-bond donors (Lipinski definition) is 0. The van der Waals surface area contributed by atoms with E-state index in [-0.39, 0.29) is 5.91 Å². The summed E-state index contributed by atoms with van der Waals surface area (Å²) in [6.07, 6.45) is 4.56. The fourth-order valence-corrected chi connectivity index (χ4v) is 1.12. The molecule has 3 nitrogen and oxygen atoms in total. The van der Waals surface area contributed by atoms with Crippen molar-refractivity contribution in [1.29, 1.82) is 0 Å². The van der Waals surface area contributed by atoms with Crippen LogP contribution in [-0.2, 0) is 9.53 Å². The van der Waals surface area contributed by atoms with Crippen LogP contribution in [0.2, 0.25) is 0 Å². The number of hydrogen-bond acceptors (Lipinski definition) is 2. The maximum atomic E-state index is 10.8. The Hall–Kier alpha value is -0.570. The van der Waals surface area contributed by atoms with Gasteiger partial charge in [-0.3, -0.25) is 4.79 Å². The molecule has 0 heterocycles. The molecule has 0 unspecified atom stereocenters. The molecule has 0 spiro atoms. The summed E-state index contributed by atoms with van der Waals surface area (Å²) in [5.41, 5.74) is 0. The smallest absolute Gasteiger partial charge is 0.219 e. The van der Waals surface area contributed by atoms with Crippen molar-refractivity contribution in [2.24, 2.45) is 0 Å². The minimum Gasteiger partial charge on any atom is -0.381 e. The third kappa shape index (κ3) is 8.05. The summed E-state index contributed by atoms with van der Waals surface area (Å²) < 4.78 is 5.43. The predicted molar refractivity (Wildman–Crippen MR) is 58.3 cm³/mol. The molecule has 0 aliphatic heterocycles. The zero-order chi connectivity index (χ0) is 10.8. The summed E-state index contributed by atoms with van der Waals surface area (Å²) in [7, 11) is 1.82. The zero-order valence-corrected chi connectivity index (χ0v) is 9.71. The number of carbonyl (C=O) groups is 1. The van der Waals surface area contributed by atoms with Gasteiger partial charge in [0.15, 0.2) is 0 Å². The van der Waals surface area contributed by atoms with E-state index in [1.54, 1.807) is 11.8 Å². The lowest BCUT2D eigenvalue weighted by molar-refractivity contribution is -0.127. The number of unbranched alkanes of at least 4 members (excludes halogenated alkanes) is 2. The molecule has 14 heavy (non-hydrogen) atoms. The van der Waals surface area contributed by atoms with Crippen molar-refractivity contribution in [2.75, 3.05) is 26.8 Å². The molecular formula is C11H23NO2. The first-order chi connectivity index (χ1) is 6.68. The lowest BCUT2D eigenvalue weighted by atomic mass is 10.3. The molecule has 0 saturated heterocycles. The van der Waals surface area contributed by atoms with Crippen LogP contribution in [0.1, 0.15) is 39.5 Å². The summed E-state index contributed by atoms with van der Waals surface area (Å²) >= 11 is 0. The van der Waals surface area contributed by atoms with Gasteiger partial charge in [-0.2, -0.15) is 0 Å². The van der Waals surface area contributed by atoms with Gasteiger partial charge in [0, 0.05) is 33.7 Å². The first-order valence-corrected chi connectivity index (χ1v) is 5.48. The molecular weight excluding hydrogens is 178 g/mol. The lowest BCUT2D eigenvalue weighted by Gasteiger charge is -2.14. The van der Waals surface area contributed by atoms with Crippen molar-refractivity contribution in [3.8, 4) is 0 Å². The average molecular weight is 201 g/mol. The topological polar surface area (TPSA) is 29.5 Å². The van der Waals surface area contributed by atoms with E-state index in [2.05, 4.69) is 6.92 Å². The predicted octanol–water partition coefficient (Wildman–Crippen LogP) is 2.06. The van der Waals surface area contributed by atoms with Crippen LogP contribution in [0.15, 0.2) is 0 Å². The minimum atomic E-state index is 0.121. The number of ether oxygens (including phenoxy) is 1. The summed E-state index contributed by atoms with van der Waals surface area (Å²) in [5.74, 6) is 0.121. The quantitative estimate of drug-likeness (QED) is 0.563. The largest absolute Gasteiger partial charge is 0.381 e. The summed E-state index contributed by atoms with van der Waals surface area (Å²) in [6.45, 7) is 6.19. The Morgan fingerprint density at radius 2 is 1.86 bits per heavy atom. The molecule has 84 valence electrons. The van der Waals surface area contributed by atoms with Crippen LogP contribution in [0, 0.1) is 0 Å². The lowest BCUT2D eigenvalue weighted by Crippen LogP contribution is -2.25. The van der Waals surface area contributed by atoms with Crippen LogP contribution in [0.5, 0.6) is 0 Å². The second kappa shape index (κ2) is 9.00. The summed E-state index contributed by atoms with van der Waals surface area (Å²) in [5, 5.41) is 0. The van der Waals surface area contributed by atoms with Crippen LogP contribution in [0.25, 0.3) is 0 Å². The first-order valence-electron chi connectivity index (χ1n) is 5.48. The Labute approximate surface area is 87.4 Å². The van der Waals surface area contributed by atoms with Crippen molar-refractivity contribution in [2.45, 2.75) is 39.5 Å². The summed E-state index contributed by atoms with van der Waals surface area (Å²) in [6, 6.07) is 0. The van der Waals surface area contributed by atoms with Gasteiger partial charge >= 0.3 is 0 Å². The second-order valence-electron chi connectivity index (χ2n) is 3.61. The SMILES string of the molecule is CCCCCOCCCN(C)C(C)=O. The third-order valence-corrected chi connectivity index (χ3v) is 2.21. The van der Waals surface area contributed by atoms with Gasteiger partial charge in [-0.15, -0.1) is 0 Å². The zero-order valence-electron chi connectivity index (χ0n) is 9.71. The molecule has 0 aliphatic carbocycles. The van der Waals surface area contributed by atoms with Crippen molar-refractivity contribution < 1.29 is 9.53 Å². The highest BCUT2D eigenvalue weighted by Crippen LogP contribution is 1.95. The van der Waals surface area contributed by atoms with Gasteiger partial charge in [0.05, 0.1) is 0 Å². The molecule has 0 aromatic heterocycles. The van der Waals surface area contributed by atoms with Crippen LogP contribution in [0.3, 0.4) is 0 Å². The van der Waals surface area contributed by atoms with Crippen LogP contribution in [-0.4, -0.2) is 37.6 Å². The Morgan fingerprint density at radius 1 is 1.21 bits per heavy atom. The molecule has 0 aromatic carbocycles. The first kappa shape index (κ1) is 13.4. The molecule has 0 radical (unpaired) electrons. The van der Waals surface area contributed by atoms with E-state index in [1.807, 2.05) is 7.05 Å². The summed E-state index contributed by atoms with van der Waals surface area (Å²) in [4.78, 5) is 12.6. The van der Waals surface area contributed by atoms with Gasteiger partial charge in [-0.25, -0.2) is 0 Å². The van der Waals surface area contributed by atoms with Gasteiger partial charge in [-0.1, -0.05) is 19.8 Å². The fourth-order valence-electron chi connectivity index (χ4n) is 1.12. The van der Waals surface area contributed by atoms with Gasteiger partial charge in [0.1, 0.15) is 0 Å². The highest BCUT2D eigenvalue weighted by molar-refractivity contribution is 5.72. The normalized spacial score (nSPS) is 10.2. The molecule has 0 bridgehead atoms.